The molecule has 0 bridgehead atoms. The maximum Gasteiger partial charge on any atom is 0.410 e. The lowest BCUT2D eigenvalue weighted by Crippen LogP contribution is -2.40. The van der Waals surface area contributed by atoms with Gasteiger partial charge in [-0.05, 0) is 45.4 Å². The van der Waals surface area contributed by atoms with Gasteiger partial charge in [0.05, 0.1) is 12.6 Å². The normalized spacial score (nSPS) is 21.1. The number of rotatable bonds is 4. The number of hydrogen-bond donors (Lipinski definition) is 0. The molecule has 1 aliphatic heterocycles. The Balaban J connectivity index is 1.93. The van der Waals surface area contributed by atoms with Gasteiger partial charge >= 0.3 is 6.09 Å². The predicted molar refractivity (Wildman–Crippen MR) is 87.8 cm³/mol. The molecule has 1 aromatic carbocycles. The summed E-state index contributed by atoms with van der Waals surface area (Å²) in [4.78, 5) is 24.9. The lowest BCUT2D eigenvalue weighted by atomic mass is 10.1. The van der Waals surface area contributed by atoms with Crippen LogP contribution < -0.4 is 4.74 Å². The minimum atomic E-state index is -0.583. The Kier molecular flexibility index (Phi) is 5.52. The van der Waals surface area contributed by atoms with Crippen LogP contribution in [-0.2, 0) is 9.53 Å². The summed E-state index contributed by atoms with van der Waals surface area (Å²) in [5, 5.41) is 0.607. The van der Waals surface area contributed by atoms with Crippen LogP contribution in [0.15, 0.2) is 24.3 Å². The van der Waals surface area contributed by atoms with Gasteiger partial charge in [-0.15, -0.1) is 0 Å². The average molecular weight is 340 g/mol. The van der Waals surface area contributed by atoms with Gasteiger partial charge < -0.3 is 14.3 Å². The van der Waals surface area contributed by atoms with Gasteiger partial charge in [0.1, 0.15) is 17.6 Å². The zero-order chi connectivity index (χ0) is 17.0. The number of amides is 1. The van der Waals surface area contributed by atoms with E-state index >= 15 is 0 Å². The summed E-state index contributed by atoms with van der Waals surface area (Å²) in [6.45, 7) is 6.27. The van der Waals surface area contributed by atoms with E-state index in [0.29, 0.717) is 30.3 Å². The fraction of sp³-hybridized carbons (Fsp3) is 0.529. The molecule has 1 saturated heterocycles. The molecule has 1 aliphatic rings. The molecule has 0 saturated carbocycles. The summed E-state index contributed by atoms with van der Waals surface area (Å²) in [7, 11) is 0. The molecule has 0 aliphatic carbocycles. The molecular weight excluding hydrogens is 318 g/mol. The van der Waals surface area contributed by atoms with E-state index in [2.05, 4.69) is 0 Å². The first kappa shape index (κ1) is 17.6. The molecular formula is C17H22ClNO4. The van der Waals surface area contributed by atoms with E-state index in [-0.39, 0.29) is 5.92 Å². The number of aldehydes is 1. The van der Waals surface area contributed by atoms with Gasteiger partial charge in [-0.1, -0.05) is 17.7 Å². The molecule has 126 valence electrons. The van der Waals surface area contributed by atoms with E-state index in [1.807, 2.05) is 12.1 Å². The average Bonchev–Trinajstić information content (AvgIpc) is 2.87. The van der Waals surface area contributed by atoms with Crippen LogP contribution in [0.25, 0.3) is 0 Å². The first-order chi connectivity index (χ1) is 10.8. The first-order valence-electron chi connectivity index (χ1n) is 7.62. The highest BCUT2D eigenvalue weighted by Gasteiger charge is 2.37. The molecule has 5 nitrogen and oxygen atoms in total. The SMILES string of the molecule is CC(C)(C)OC(=O)N1C[C@@H](COc2cccc(Cl)c2)C[C@H]1C=O. The molecule has 1 fully saturated rings. The fourth-order valence-corrected chi connectivity index (χ4v) is 2.69. The topological polar surface area (TPSA) is 55.8 Å². The third-order valence-electron chi connectivity index (χ3n) is 3.50. The van der Waals surface area contributed by atoms with E-state index in [1.165, 1.54) is 4.90 Å². The molecule has 0 unspecified atom stereocenters. The highest BCUT2D eigenvalue weighted by atomic mass is 35.5. The number of ether oxygens (including phenoxy) is 2. The zero-order valence-corrected chi connectivity index (χ0v) is 14.4. The van der Waals surface area contributed by atoms with Crippen molar-refractivity contribution in [2.24, 2.45) is 5.92 Å². The van der Waals surface area contributed by atoms with E-state index in [4.69, 9.17) is 21.1 Å². The predicted octanol–water partition coefficient (Wildman–Crippen LogP) is 3.54. The van der Waals surface area contributed by atoms with Crippen molar-refractivity contribution >= 4 is 24.0 Å². The smallest absolute Gasteiger partial charge is 0.410 e. The van der Waals surface area contributed by atoms with Crippen LogP contribution in [0.3, 0.4) is 0 Å². The van der Waals surface area contributed by atoms with Crippen LogP contribution in [0.1, 0.15) is 27.2 Å². The highest BCUT2D eigenvalue weighted by molar-refractivity contribution is 6.30. The van der Waals surface area contributed by atoms with Crippen molar-refractivity contribution < 1.29 is 19.1 Å². The number of carbonyl (C=O) groups is 2. The molecule has 0 aromatic heterocycles. The number of hydrogen-bond acceptors (Lipinski definition) is 4. The standard InChI is InChI=1S/C17H22ClNO4/c1-17(2,3)23-16(21)19-9-12(7-14(19)10-20)11-22-15-6-4-5-13(18)8-15/h4-6,8,10,12,14H,7,9,11H2,1-3H3/t12-,14-/m0/s1. The zero-order valence-electron chi connectivity index (χ0n) is 13.6. The van der Waals surface area contributed by atoms with E-state index in [0.717, 1.165) is 6.29 Å². The molecule has 2 rings (SSSR count). The molecule has 1 amide bonds. The summed E-state index contributed by atoms with van der Waals surface area (Å²) >= 11 is 5.92. The number of halogens is 1. The second-order valence-electron chi connectivity index (χ2n) is 6.71. The van der Waals surface area contributed by atoms with Crippen LogP contribution in [0.2, 0.25) is 5.02 Å². The van der Waals surface area contributed by atoms with Crippen LogP contribution in [-0.4, -0.2) is 42.1 Å². The highest BCUT2D eigenvalue weighted by Crippen LogP contribution is 2.26. The first-order valence-corrected chi connectivity index (χ1v) is 7.99. The Hall–Kier alpha value is -1.75. The Morgan fingerprint density at radius 2 is 2.17 bits per heavy atom. The van der Waals surface area contributed by atoms with Gasteiger partial charge in [0, 0.05) is 17.5 Å². The summed E-state index contributed by atoms with van der Waals surface area (Å²) in [5.74, 6) is 0.757. The number of likely N-dealkylation sites (tertiary alicyclic amines) is 1. The molecule has 2 atom stereocenters. The summed E-state index contributed by atoms with van der Waals surface area (Å²) < 4.78 is 11.1. The third kappa shape index (κ3) is 5.13. The number of benzene rings is 1. The van der Waals surface area contributed by atoms with E-state index < -0.39 is 17.7 Å². The maximum absolute atomic E-state index is 12.2. The fourth-order valence-electron chi connectivity index (χ4n) is 2.51. The Labute approximate surface area is 141 Å². The van der Waals surface area contributed by atoms with Crippen molar-refractivity contribution in [1.29, 1.82) is 0 Å². The number of carbonyl (C=O) groups excluding carboxylic acids is 2. The van der Waals surface area contributed by atoms with Crippen molar-refractivity contribution in [1.82, 2.24) is 4.90 Å². The van der Waals surface area contributed by atoms with E-state index in [9.17, 15) is 9.59 Å². The minimum absolute atomic E-state index is 0.0803. The summed E-state index contributed by atoms with van der Waals surface area (Å²) in [5.41, 5.74) is -0.583. The maximum atomic E-state index is 12.2. The van der Waals surface area contributed by atoms with Crippen molar-refractivity contribution in [3.8, 4) is 5.75 Å². The summed E-state index contributed by atoms with van der Waals surface area (Å²) in [6.07, 6.45) is 0.909. The van der Waals surface area contributed by atoms with Crippen LogP contribution in [0, 0.1) is 5.92 Å². The largest absolute Gasteiger partial charge is 0.493 e. The second kappa shape index (κ2) is 7.21. The second-order valence-corrected chi connectivity index (χ2v) is 7.14. The van der Waals surface area contributed by atoms with Gasteiger partial charge in [-0.3, -0.25) is 4.90 Å². The molecule has 0 N–H and O–H groups in total. The summed E-state index contributed by atoms with van der Waals surface area (Å²) in [6, 6.07) is 6.69. The monoisotopic (exact) mass is 339 g/mol. The van der Waals surface area contributed by atoms with Crippen molar-refractivity contribution in [3.63, 3.8) is 0 Å². The lowest BCUT2D eigenvalue weighted by Gasteiger charge is -2.26. The number of nitrogens with zero attached hydrogens (tertiary/aromatic N) is 1. The van der Waals surface area contributed by atoms with Gasteiger partial charge in [0.25, 0.3) is 0 Å². The van der Waals surface area contributed by atoms with Gasteiger partial charge in [-0.25, -0.2) is 4.79 Å². The molecule has 6 heteroatoms. The molecule has 1 aromatic rings. The molecule has 23 heavy (non-hydrogen) atoms. The molecule has 0 radical (unpaired) electrons. The van der Waals surface area contributed by atoms with Crippen LogP contribution >= 0.6 is 11.6 Å². The lowest BCUT2D eigenvalue weighted by molar-refractivity contribution is -0.111. The van der Waals surface area contributed by atoms with Crippen molar-refractivity contribution in [2.45, 2.75) is 38.8 Å². The van der Waals surface area contributed by atoms with Gasteiger partial charge in [-0.2, -0.15) is 0 Å². The minimum Gasteiger partial charge on any atom is -0.493 e. The van der Waals surface area contributed by atoms with Crippen molar-refractivity contribution in [2.75, 3.05) is 13.2 Å². The van der Waals surface area contributed by atoms with Gasteiger partial charge in [0.2, 0.25) is 0 Å². The third-order valence-corrected chi connectivity index (χ3v) is 3.73. The Morgan fingerprint density at radius 1 is 1.43 bits per heavy atom. The molecule has 0 spiro atoms. The van der Waals surface area contributed by atoms with E-state index in [1.54, 1.807) is 32.9 Å². The Bertz CT molecular complexity index is 570. The van der Waals surface area contributed by atoms with Gasteiger partial charge in [0.15, 0.2) is 0 Å². The van der Waals surface area contributed by atoms with Crippen LogP contribution in [0.5, 0.6) is 5.75 Å². The molecule has 1 heterocycles. The van der Waals surface area contributed by atoms with Crippen LogP contribution in [0.4, 0.5) is 4.79 Å². The Morgan fingerprint density at radius 3 is 2.78 bits per heavy atom. The quantitative estimate of drug-likeness (QED) is 0.787. The van der Waals surface area contributed by atoms with Crippen molar-refractivity contribution in [3.05, 3.63) is 29.3 Å².